The third kappa shape index (κ3) is 4.89. The molecule has 6 nitrogen and oxygen atoms in total. The maximum Gasteiger partial charge on any atom is 0.234 e. The van der Waals surface area contributed by atoms with Crippen molar-refractivity contribution in [2.24, 2.45) is 5.73 Å². The summed E-state index contributed by atoms with van der Waals surface area (Å²) in [5.74, 6) is 0.0177. The fourth-order valence-electron chi connectivity index (χ4n) is 2.03. The number of nitrogens with two attached hydrogens (primary N) is 1. The Labute approximate surface area is 109 Å². The first-order chi connectivity index (χ1) is 8.56. The van der Waals surface area contributed by atoms with Crippen molar-refractivity contribution >= 4 is 5.91 Å². The van der Waals surface area contributed by atoms with E-state index in [1.54, 1.807) is 7.11 Å². The van der Waals surface area contributed by atoms with Gasteiger partial charge < -0.3 is 20.5 Å². The number of methoxy groups -OCH3 is 1. The number of nitrogens with one attached hydrogen (secondary N) is 1. The molecule has 0 aromatic carbocycles. The van der Waals surface area contributed by atoms with Crippen molar-refractivity contribution < 1.29 is 14.3 Å². The highest BCUT2D eigenvalue weighted by Gasteiger charge is 2.26. The van der Waals surface area contributed by atoms with E-state index in [2.05, 4.69) is 17.1 Å². The van der Waals surface area contributed by atoms with E-state index in [1.165, 1.54) is 0 Å². The highest BCUT2D eigenvalue weighted by atomic mass is 16.5. The van der Waals surface area contributed by atoms with Gasteiger partial charge in [0, 0.05) is 32.3 Å². The second-order valence-electron chi connectivity index (χ2n) is 4.89. The molecule has 3 atom stereocenters. The molecule has 3 unspecified atom stereocenters. The quantitative estimate of drug-likeness (QED) is 0.652. The van der Waals surface area contributed by atoms with Crippen LogP contribution in [0, 0.1) is 0 Å². The van der Waals surface area contributed by atoms with Crippen molar-refractivity contribution in [2.75, 3.05) is 40.0 Å². The molecule has 1 aliphatic rings. The zero-order chi connectivity index (χ0) is 13.5. The molecule has 1 fully saturated rings. The summed E-state index contributed by atoms with van der Waals surface area (Å²) in [5.41, 5.74) is 5.59. The SMILES string of the molecule is COCC(C)NC(=O)CN1CC(CN)OCC1C. The molecule has 6 heteroatoms. The maximum absolute atomic E-state index is 11.9. The molecule has 0 radical (unpaired) electrons. The summed E-state index contributed by atoms with van der Waals surface area (Å²) in [7, 11) is 1.62. The largest absolute Gasteiger partial charge is 0.383 e. The van der Waals surface area contributed by atoms with Gasteiger partial charge in [-0.05, 0) is 13.8 Å². The lowest BCUT2D eigenvalue weighted by molar-refractivity contribution is -0.127. The zero-order valence-electron chi connectivity index (χ0n) is 11.5. The van der Waals surface area contributed by atoms with E-state index in [9.17, 15) is 4.79 Å². The number of amides is 1. The van der Waals surface area contributed by atoms with E-state index in [0.29, 0.717) is 32.8 Å². The lowest BCUT2D eigenvalue weighted by Gasteiger charge is -2.37. The molecule has 0 bridgehead atoms. The van der Waals surface area contributed by atoms with Crippen molar-refractivity contribution in [3.05, 3.63) is 0 Å². The molecule has 0 saturated carbocycles. The average molecular weight is 259 g/mol. The van der Waals surface area contributed by atoms with Gasteiger partial charge in [-0.25, -0.2) is 0 Å². The van der Waals surface area contributed by atoms with Gasteiger partial charge >= 0.3 is 0 Å². The second kappa shape index (κ2) is 7.68. The summed E-state index contributed by atoms with van der Waals surface area (Å²) in [6.45, 7) is 6.72. The van der Waals surface area contributed by atoms with Gasteiger partial charge in [-0.3, -0.25) is 9.69 Å². The monoisotopic (exact) mass is 259 g/mol. The van der Waals surface area contributed by atoms with Crippen molar-refractivity contribution in [1.82, 2.24) is 10.2 Å². The topological polar surface area (TPSA) is 76.8 Å². The molecule has 1 rings (SSSR count). The molecule has 0 spiro atoms. The lowest BCUT2D eigenvalue weighted by atomic mass is 10.2. The minimum atomic E-state index is 0.0177. The van der Waals surface area contributed by atoms with E-state index in [-0.39, 0.29) is 24.1 Å². The Balaban J connectivity index is 2.37. The summed E-state index contributed by atoms with van der Waals surface area (Å²) in [5, 5.41) is 2.90. The Bertz CT molecular complexity index is 263. The Hall–Kier alpha value is -0.690. The highest BCUT2D eigenvalue weighted by molar-refractivity contribution is 5.78. The molecular weight excluding hydrogens is 234 g/mol. The van der Waals surface area contributed by atoms with Gasteiger partial charge in [0.05, 0.1) is 25.9 Å². The second-order valence-corrected chi connectivity index (χ2v) is 4.89. The molecule has 0 aromatic heterocycles. The summed E-state index contributed by atoms with van der Waals surface area (Å²) in [6.07, 6.45) is 0.0328. The predicted molar refractivity (Wildman–Crippen MR) is 69.3 cm³/mol. The minimum absolute atomic E-state index is 0.0177. The van der Waals surface area contributed by atoms with Crippen LogP contribution in [0.3, 0.4) is 0 Å². The number of ether oxygens (including phenoxy) is 2. The molecule has 18 heavy (non-hydrogen) atoms. The third-order valence-corrected chi connectivity index (χ3v) is 3.07. The molecular formula is C12H25N3O3. The fraction of sp³-hybridized carbons (Fsp3) is 0.917. The van der Waals surface area contributed by atoms with E-state index in [4.69, 9.17) is 15.2 Å². The first-order valence-corrected chi connectivity index (χ1v) is 6.40. The van der Waals surface area contributed by atoms with Crippen LogP contribution >= 0.6 is 0 Å². The normalized spacial score (nSPS) is 26.9. The van der Waals surface area contributed by atoms with E-state index >= 15 is 0 Å². The number of hydrogen-bond acceptors (Lipinski definition) is 5. The van der Waals surface area contributed by atoms with Gasteiger partial charge in [0.15, 0.2) is 0 Å². The number of rotatable bonds is 6. The number of hydrogen-bond donors (Lipinski definition) is 2. The van der Waals surface area contributed by atoms with Gasteiger partial charge in [0.25, 0.3) is 0 Å². The Morgan fingerprint density at radius 1 is 1.67 bits per heavy atom. The zero-order valence-corrected chi connectivity index (χ0v) is 11.5. The maximum atomic E-state index is 11.9. The molecule has 1 saturated heterocycles. The van der Waals surface area contributed by atoms with Crippen LogP contribution in [0.15, 0.2) is 0 Å². The lowest BCUT2D eigenvalue weighted by Crippen LogP contribution is -2.54. The van der Waals surface area contributed by atoms with Gasteiger partial charge in [-0.2, -0.15) is 0 Å². The average Bonchev–Trinajstić information content (AvgIpc) is 2.32. The van der Waals surface area contributed by atoms with Crippen LogP contribution in [0.5, 0.6) is 0 Å². The molecule has 3 N–H and O–H groups in total. The number of nitrogens with zero attached hydrogens (tertiary/aromatic N) is 1. The third-order valence-electron chi connectivity index (χ3n) is 3.07. The fourth-order valence-corrected chi connectivity index (χ4v) is 2.03. The van der Waals surface area contributed by atoms with E-state index < -0.39 is 0 Å². The van der Waals surface area contributed by atoms with Crippen LogP contribution in [0.1, 0.15) is 13.8 Å². The Morgan fingerprint density at radius 2 is 2.39 bits per heavy atom. The van der Waals surface area contributed by atoms with Gasteiger partial charge in [-0.15, -0.1) is 0 Å². The molecule has 1 aliphatic heterocycles. The van der Waals surface area contributed by atoms with Crippen LogP contribution in [0.25, 0.3) is 0 Å². The predicted octanol–water partition coefficient (Wildman–Crippen LogP) is -0.814. The molecule has 106 valence electrons. The summed E-state index contributed by atoms with van der Waals surface area (Å²) in [4.78, 5) is 14.0. The van der Waals surface area contributed by atoms with Crippen LogP contribution in [-0.4, -0.2) is 69.0 Å². The summed E-state index contributed by atoms with van der Waals surface area (Å²) < 4.78 is 10.5. The van der Waals surface area contributed by atoms with Crippen molar-refractivity contribution in [2.45, 2.75) is 32.0 Å². The first-order valence-electron chi connectivity index (χ1n) is 6.40. The standard InChI is InChI=1S/C12H25N3O3/c1-9(7-17-3)14-12(16)6-15-5-11(4-13)18-8-10(15)2/h9-11H,4-8,13H2,1-3H3,(H,14,16). The van der Waals surface area contributed by atoms with Crippen LogP contribution in [0.4, 0.5) is 0 Å². The summed E-state index contributed by atoms with van der Waals surface area (Å²) in [6, 6.07) is 0.278. The smallest absolute Gasteiger partial charge is 0.234 e. The highest BCUT2D eigenvalue weighted by Crippen LogP contribution is 2.10. The molecule has 0 aliphatic carbocycles. The summed E-state index contributed by atoms with van der Waals surface area (Å²) >= 11 is 0. The van der Waals surface area contributed by atoms with Crippen LogP contribution < -0.4 is 11.1 Å². The van der Waals surface area contributed by atoms with Gasteiger partial charge in [0.2, 0.25) is 5.91 Å². The molecule has 1 heterocycles. The Kier molecular flexibility index (Phi) is 6.56. The van der Waals surface area contributed by atoms with Crippen LogP contribution in [-0.2, 0) is 14.3 Å². The number of morpholine rings is 1. The minimum Gasteiger partial charge on any atom is -0.383 e. The van der Waals surface area contributed by atoms with Crippen LogP contribution in [0.2, 0.25) is 0 Å². The number of carbonyl (C=O) groups is 1. The van der Waals surface area contributed by atoms with E-state index in [0.717, 1.165) is 0 Å². The van der Waals surface area contributed by atoms with E-state index in [1.807, 2.05) is 6.92 Å². The van der Waals surface area contributed by atoms with Gasteiger partial charge in [-0.1, -0.05) is 0 Å². The van der Waals surface area contributed by atoms with Crippen molar-refractivity contribution in [1.29, 1.82) is 0 Å². The molecule has 0 aromatic rings. The van der Waals surface area contributed by atoms with Crippen molar-refractivity contribution in [3.63, 3.8) is 0 Å². The Morgan fingerprint density at radius 3 is 3.00 bits per heavy atom. The van der Waals surface area contributed by atoms with Gasteiger partial charge in [0.1, 0.15) is 0 Å². The van der Waals surface area contributed by atoms with Crippen molar-refractivity contribution in [3.8, 4) is 0 Å². The first kappa shape index (κ1) is 15.4. The molecule has 1 amide bonds. The number of carbonyl (C=O) groups excluding carboxylic acids is 1.